The lowest BCUT2D eigenvalue weighted by molar-refractivity contribution is -0.384. The number of carbonyl (C=O) groups is 1. The number of Topliss-reactive ketones (excluding diaryl/α,β-unsaturated/α-hetero) is 1. The van der Waals surface area contributed by atoms with Crippen molar-refractivity contribution < 1.29 is 19.6 Å². The van der Waals surface area contributed by atoms with Gasteiger partial charge in [-0.1, -0.05) is 0 Å². The van der Waals surface area contributed by atoms with Gasteiger partial charge in [0.15, 0.2) is 5.78 Å². The second-order valence-electron chi connectivity index (χ2n) is 5.17. The summed E-state index contributed by atoms with van der Waals surface area (Å²) in [6.07, 6.45) is -0.422. The topological polar surface area (TPSA) is 92.9 Å². The van der Waals surface area contributed by atoms with Crippen molar-refractivity contribution in [1.82, 2.24) is 0 Å². The minimum atomic E-state index is -0.519. The van der Waals surface area contributed by atoms with Gasteiger partial charge in [0, 0.05) is 36.5 Å². The fourth-order valence-electron chi connectivity index (χ4n) is 2.54. The Morgan fingerprint density at radius 3 is 2.81 bits per heavy atom. The summed E-state index contributed by atoms with van der Waals surface area (Å²) in [5, 5.41) is 20.1. The van der Waals surface area contributed by atoms with Crippen molar-refractivity contribution in [3.8, 4) is 0 Å². The van der Waals surface area contributed by atoms with Gasteiger partial charge in [0.05, 0.1) is 23.7 Å². The van der Waals surface area contributed by atoms with Gasteiger partial charge >= 0.3 is 0 Å². The lowest BCUT2D eigenvalue weighted by Crippen LogP contribution is -2.48. The largest absolute Gasteiger partial charge is 0.394 e. The predicted molar refractivity (Wildman–Crippen MR) is 76.7 cm³/mol. The SMILES string of the molecule is CC(=O)c1cc([N+](=O)[O-])ccc1N1CC(C)OC(CO)C1. The zero-order chi connectivity index (χ0) is 15.6. The molecule has 7 heteroatoms. The maximum Gasteiger partial charge on any atom is 0.270 e. The third kappa shape index (κ3) is 3.37. The molecule has 2 rings (SSSR count). The Labute approximate surface area is 122 Å². The number of aliphatic hydroxyl groups excluding tert-OH is 1. The molecule has 21 heavy (non-hydrogen) atoms. The summed E-state index contributed by atoms with van der Waals surface area (Å²) in [4.78, 5) is 24.0. The molecule has 0 saturated carbocycles. The van der Waals surface area contributed by atoms with Crippen LogP contribution in [0.3, 0.4) is 0 Å². The number of morpholine rings is 1. The van der Waals surface area contributed by atoms with Crippen LogP contribution in [0.25, 0.3) is 0 Å². The molecule has 0 bridgehead atoms. The van der Waals surface area contributed by atoms with E-state index in [1.54, 1.807) is 6.07 Å². The van der Waals surface area contributed by atoms with Gasteiger partial charge in [-0.05, 0) is 19.9 Å². The van der Waals surface area contributed by atoms with E-state index in [9.17, 15) is 20.0 Å². The van der Waals surface area contributed by atoms with Gasteiger partial charge in [-0.2, -0.15) is 0 Å². The van der Waals surface area contributed by atoms with Crippen molar-refractivity contribution in [3.05, 3.63) is 33.9 Å². The minimum absolute atomic E-state index is 0.0918. The maximum atomic E-state index is 11.8. The third-order valence-corrected chi connectivity index (χ3v) is 3.44. The van der Waals surface area contributed by atoms with E-state index < -0.39 is 4.92 Å². The van der Waals surface area contributed by atoms with Gasteiger partial charge in [-0.25, -0.2) is 0 Å². The Hall–Kier alpha value is -1.99. The van der Waals surface area contributed by atoms with E-state index in [2.05, 4.69) is 0 Å². The molecule has 1 aromatic rings. The first kappa shape index (κ1) is 15.4. The van der Waals surface area contributed by atoms with Gasteiger partial charge in [-0.15, -0.1) is 0 Å². The summed E-state index contributed by atoms with van der Waals surface area (Å²) in [5.41, 5.74) is 0.848. The van der Waals surface area contributed by atoms with Gasteiger partial charge in [0.25, 0.3) is 5.69 Å². The van der Waals surface area contributed by atoms with Crippen LogP contribution in [0, 0.1) is 10.1 Å². The monoisotopic (exact) mass is 294 g/mol. The van der Waals surface area contributed by atoms with Gasteiger partial charge in [0.1, 0.15) is 0 Å². The van der Waals surface area contributed by atoms with Crippen LogP contribution in [0.5, 0.6) is 0 Å². The number of ketones is 1. The molecular weight excluding hydrogens is 276 g/mol. The van der Waals surface area contributed by atoms with Crippen LogP contribution in [-0.2, 0) is 4.74 Å². The molecule has 1 heterocycles. The van der Waals surface area contributed by atoms with E-state index in [1.165, 1.54) is 19.1 Å². The molecule has 0 aromatic heterocycles. The number of anilines is 1. The molecule has 0 radical (unpaired) electrons. The van der Waals surface area contributed by atoms with Crippen molar-refractivity contribution in [1.29, 1.82) is 0 Å². The fourth-order valence-corrected chi connectivity index (χ4v) is 2.54. The first-order valence-electron chi connectivity index (χ1n) is 6.73. The summed E-state index contributed by atoms with van der Waals surface area (Å²) in [6.45, 7) is 4.17. The normalized spacial score (nSPS) is 22.1. The predicted octanol–water partition coefficient (Wildman–Crippen LogP) is 1.38. The van der Waals surface area contributed by atoms with E-state index >= 15 is 0 Å². The zero-order valence-electron chi connectivity index (χ0n) is 12.0. The third-order valence-electron chi connectivity index (χ3n) is 3.44. The Balaban J connectivity index is 2.38. The summed E-state index contributed by atoms with van der Waals surface area (Å²) in [7, 11) is 0. The molecule has 2 unspecified atom stereocenters. The number of ether oxygens (including phenoxy) is 1. The number of hydrogen-bond acceptors (Lipinski definition) is 6. The number of nitrogens with zero attached hydrogens (tertiary/aromatic N) is 2. The van der Waals surface area contributed by atoms with Crippen LogP contribution < -0.4 is 4.90 Å². The Kier molecular flexibility index (Phi) is 4.54. The first-order chi connectivity index (χ1) is 9.92. The quantitative estimate of drug-likeness (QED) is 0.512. The van der Waals surface area contributed by atoms with E-state index in [0.29, 0.717) is 24.3 Å². The highest BCUT2D eigenvalue weighted by atomic mass is 16.6. The van der Waals surface area contributed by atoms with E-state index in [-0.39, 0.29) is 30.3 Å². The number of rotatable bonds is 4. The van der Waals surface area contributed by atoms with Crippen LogP contribution in [0.1, 0.15) is 24.2 Å². The van der Waals surface area contributed by atoms with E-state index in [0.717, 1.165) is 0 Å². The Morgan fingerprint density at radius 1 is 1.52 bits per heavy atom. The summed E-state index contributed by atoms with van der Waals surface area (Å²) in [5.74, 6) is -0.228. The number of hydrogen-bond donors (Lipinski definition) is 1. The number of carbonyl (C=O) groups excluding carboxylic acids is 1. The number of aliphatic hydroxyl groups is 1. The molecule has 7 nitrogen and oxygen atoms in total. The average molecular weight is 294 g/mol. The van der Waals surface area contributed by atoms with Crippen molar-refractivity contribution in [2.45, 2.75) is 26.1 Å². The van der Waals surface area contributed by atoms with Crippen molar-refractivity contribution in [3.63, 3.8) is 0 Å². The second kappa shape index (κ2) is 6.19. The summed E-state index contributed by atoms with van der Waals surface area (Å²) >= 11 is 0. The first-order valence-corrected chi connectivity index (χ1v) is 6.73. The standard InChI is InChI=1S/C14H18N2O5/c1-9-6-15(7-12(8-17)21-9)14-4-3-11(16(19)20)5-13(14)10(2)18/h3-5,9,12,17H,6-8H2,1-2H3. The van der Waals surface area contributed by atoms with E-state index in [1.807, 2.05) is 11.8 Å². The zero-order valence-corrected chi connectivity index (χ0v) is 12.0. The smallest absolute Gasteiger partial charge is 0.270 e. The van der Waals surface area contributed by atoms with Crippen LogP contribution in [0.4, 0.5) is 11.4 Å². The molecule has 1 fully saturated rings. The van der Waals surface area contributed by atoms with Crippen molar-refractivity contribution in [2.24, 2.45) is 0 Å². The highest BCUT2D eigenvalue weighted by Gasteiger charge is 2.27. The molecule has 1 saturated heterocycles. The van der Waals surface area contributed by atoms with Crippen LogP contribution in [0.15, 0.2) is 18.2 Å². The molecular formula is C14H18N2O5. The number of nitro benzene ring substituents is 1. The highest BCUT2D eigenvalue weighted by molar-refractivity contribution is 6.00. The van der Waals surface area contributed by atoms with Gasteiger partial charge in [-0.3, -0.25) is 14.9 Å². The van der Waals surface area contributed by atoms with E-state index in [4.69, 9.17) is 4.74 Å². The second-order valence-corrected chi connectivity index (χ2v) is 5.17. The number of non-ortho nitro benzene ring substituents is 1. The van der Waals surface area contributed by atoms with Crippen molar-refractivity contribution >= 4 is 17.2 Å². The van der Waals surface area contributed by atoms with Crippen LogP contribution in [0.2, 0.25) is 0 Å². The number of benzene rings is 1. The van der Waals surface area contributed by atoms with Crippen LogP contribution in [-0.4, -0.2) is 47.7 Å². The summed E-state index contributed by atoms with van der Waals surface area (Å²) < 4.78 is 5.56. The lowest BCUT2D eigenvalue weighted by Gasteiger charge is -2.38. The lowest BCUT2D eigenvalue weighted by atomic mass is 10.1. The fraction of sp³-hybridized carbons (Fsp3) is 0.500. The molecule has 1 aliphatic heterocycles. The summed E-state index contributed by atoms with van der Waals surface area (Å²) in [6, 6.07) is 4.27. The Morgan fingerprint density at radius 2 is 2.24 bits per heavy atom. The number of nitro groups is 1. The molecule has 0 aliphatic carbocycles. The Bertz CT molecular complexity index is 560. The maximum absolute atomic E-state index is 11.8. The molecule has 2 atom stereocenters. The molecule has 0 amide bonds. The molecule has 1 N–H and O–H groups in total. The van der Waals surface area contributed by atoms with Gasteiger partial charge in [0.2, 0.25) is 0 Å². The highest BCUT2D eigenvalue weighted by Crippen LogP contribution is 2.28. The van der Waals surface area contributed by atoms with Gasteiger partial charge < -0.3 is 14.7 Å². The molecule has 1 aromatic carbocycles. The molecule has 1 aliphatic rings. The molecule has 0 spiro atoms. The van der Waals surface area contributed by atoms with Crippen LogP contribution >= 0.6 is 0 Å². The molecule has 114 valence electrons. The minimum Gasteiger partial charge on any atom is -0.394 e. The van der Waals surface area contributed by atoms with Crippen molar-refractivity contribution in [2.75, 3.05) is 24.6 Å². The average Bonchev–Trinajstić information content (AvgIpc) is 2.45.